The van der Waals surface area contributed by atoms with Crippen LogP contribution in [0.15, 0.2) is 24.4 Å². The Morgan fingerprint density at radius 3 is 2.53 bits per heavy atom. The molecule has 0 saturated carbocycles. The van der Waals surface area contributed by atoms with Crippen molar-refractivity contribution in [2.45, 2.75) is 78.2 Å². The molecule has 2 aliphatic heterocycles. The summed E-state index contributed by atoms with van der Waals surface area (Å²) >= 11 is 0. The lowest BCUT2D eigenvalue weighted by Gasteiger charge is -2.53. The number of hydrogen-bond acceptors (Lipinski definition) is 5. The van der Waals surface area contributed by atoms with Crippen molar-refractivity contribution in [3.05, 3.63) is 41.3 Å². The molecule has 0 aliphatic carbocycles. The minimum Gasteiger partial charge on any atom is -0.384 e. The lowest BCUT2D eigenvalue weighted by atomic mass is 9.61. The summed E-state index contributed by atoms with van der Waals surface area (Å²) in [5.74, 6) is -1.66. The third-order valence-corrected chi connectivity index (χ3v) is 7.90. The monoisotopic (exact) mass is 471 g/mol. The molecule has 0 bridgehead atoms. The summed E-state index contributed by atoms with van der Waals surface area (Å²) in [6, 6.07) is 5.09. The number of fused-ring (bicyclic) bond motifs is 1. The van der Waals surface area contributed by atoms with Gasteiger partial charge in [-0.1, -0.05) is 40.7 Å². The van der Waals surface area contributed by atoms with Crippen molar-refractivity contribution in [2.24, 2.45) is 5.41 Å². The highest BCUT2D eigenvalue weighted by Gasteiger charge is 2.53. The van der Waals surface area contributed by atoms with E-state index in [0.717, 1.165) is 25.9 Å². The van der Waals surface area contributed by atoms with Crippen LogP contribution in [0.2, 0.25) is 0 Å². The Morgan fingerprint density at radius 2 is 1.91 bits per heavy atom. The largest absolute Gasteiger partial charge is 0.384 e. The van der Waals surface area contributed by atoms with E-state index in [-0.39, 0.29) is 18.2 Å². The maximum atomic E-state index is 16.0. The third-order valence-electron chi connectivity index (χ3n) is 7.90. The molecule has 2 unspecified atom stereocenters. The zero-order valence-corrected chi connectivity index (χ0v) is 21.1. The Hall–Kier alpha value is -2.38. The van der Waals surface area contributed by atoms with Crippen LogP contribution in [0.25, 0.3) is 10.9 Å². The number of piperidine rings is 2. The number of nitrogens with zero attached hydrogens (tertiary/aromatic N) is 2. The predicted octanol–water partition coefficient (Wildman–Crippen LogP) is 4.64. The van der Waals surface area contributed by atoms with Crippen molar-refractivity contribution in [1.29, 1.82) is 0 Å². The molecule has 2 amide bonds. The number of carbonyl (C=O) groups is 2. The molecule has 2 aromatic rings. The zero-order valence-electron chi connectivity index (χ0n) is 21.1. The molecular weight excluding hydrogens is 433 g/mol. The molecule has 186 valence electrons. The minimum atomic E-state index is -1.29. The molecule has 0 radical (unpaired) electrons. The number of rotatable bonds is 5. The SMILES string of the molecule is CC.CCN1CCC(O)(c2ccc3ncc(C4CCC(=O)NC4=O)cc3c2F)C(CC)(CC)C1. The average Bonchev–Trinajstić information content (AvgIpc) is 2.86. The number of carbonyl (C=O) groups excluding carboxylic acids is 2. The van der Waals surface area contributed by atoms with Crippen molar-refractivity contribution in [3.8, 4) is 0 Å². The van der Waals surface area contributed by atoms with Crippen LogP contribution in [0.1, 0.15) is 83.8 Å². The number of amides is 2. The van der Waals surface area contributed by atoms with E-state index in [9.17, 15) is 14.7 Å². The van der Waals surface area contributed by atoms with E-state index in [0.29, 0.717) is 41.4 Å². The van der Waals surface area contributed by atoms with Gasteiger partial charge < -0.3 is 10.0 Å². The molecule has 2 atom stereocenters. The second-order valence-electron chi connectivity index (χ2n) is 9.23. The first kappa shape index (κ1) is 26.2. The smallest absolute Gasteiger partial charge is 0.234 e. The van der Waals surface area contributed by atoms with Crippen LogP contribution in [0, 0.1) is 11.2 Å². The van der Waals surface area contributed by atoms with Crippen molar-refractivity contribution < 1.29 is 19.1 Å². The summed E-state index contributed by atoms with van der Waals surface area (Å²) < 4.78 is 16.0. The summed E-state index contributed by atoms with van der Waals surface area (Å²) in [6.07, 6.45) is 4.15. The second-order valence-corrected chi connectivity index (χ2v) is 9.23. The maximum Gasteiger partial charge on any atom is 0.234 e. The van der Waals surface area contributed by atoms with E-state index in [1.54, 1.807) is 24.4 Å². The Bertz CT molecular complexity index is 1050. The fourth-order valence-corrected chi connectivity index (χ4v) is 5.67. The number of hydrogen-bond donors (Lipinski definition) is 2. The Morgan fingerprint density at radius 1 is 1.21 bits per heavy atom. The number of aromatic nitrogens is 1. The summed E-state index contributed by atoms with van der Waals surface area (Å²) in [5.41, 5.74) is -0.360. The van der Waals surface area contributed by atoms with Crippen molar-refractivity contribution in [1.82, 2.24) is 15.2 Å². The second kappa shape index (κ2) is 10.5. The van der Waals surface area contributed by atoms with Crippen molar-refractivity contribution in [2.75, 3.05) is 19.6 Å². The third kappa shape index (κ3) is 4.36. The zero-order chi connectivity index (χ0) is 25.1. The summed E-state index contributed by atoms with van der Waals surface area (Å²) in [4.78, 5) is 30.5. The quantitative estimate of drug-likeness (QED) is 0.621. The summed E-state index contributed by atoms with van der Waals surface area (Å²) in [7, 11) is 0. The van der Waals surface area contributed by atoms with Gasteiger partial charge in [0.1, 0.15) is 11.4 Å². The highest BCUT2D eigenvalue weighted by Crippen LogP contribution is 2.51. The fraction of sp³-hybridized carbons (Fsp3) is 0.593. The van der Waals surface area contributed by atoms with Gasteiger partial charge in [0.15, 0.2) is 0 Å². The minimum absolute atomic E-state index is 0.250. The van der Waals surface area contributed by atoms with Gasteiger partial charge in [-0.2, -0.15) is 0 Å². The van der Waals surface area contributed by atoms with Gasteiger partial charge in [0.25, 0.3) is 0 Å². The van der Waals surface area contributed by atoms with Gasteiger partial charge in [-0.15, -0.1) is 0 Å². The molecule has 0 spiro atoms. The summed E-state index contributed by atoms with van der Waals surface area (Å²) in [5, 5.41) is 14.7. The topological polar surface area (TPSA) is 82.5 Å². The first-order valence-corrected chi connectivity index (χ1v) is 12.7. The van der Waals surface area contributed by atoms with Gasteiger partial charge in [-0.3, -0.25) is 19.9 Å². The molecule has 7 heteroatoms. The van der Waals surface area contributed by atoms with Crippen molar-refractivity contribution >= 4 is 22.7 Å². The van der Waals surface area contributed by atoms with Gasteiger partial charge in [-0.05, 0) is 49.9 Å². The van der Waals surface area contributed by atoms with E-state index in [1.807, 2.05) is 13.8 Å². The van der Waals surface area contributed by atoms with Crippen LogP contribution in [-0.4, -0.2) is 46.4 Å². The number of nitrogens with one attached hydrogen (secondary N) is 1. The lowest BCUT2D eigenvalue weighted by molar-refractivity contribution is -0.148. The molecule has 4 rings (SSSR count). The number of imide groups is 1. The van der Waals surface area contributed by atoms with Crippen LogP contribution in [-0.2, 0) is 15.2 Å². The number of benzene rings is 1. The lowest BCUT2D eigenvalue weighted by Crippen LogP contribution is -2.58. The van der Waals surface area contributed by atoms with E-state index in [2.05, 4.69) is 36.0 Å². The molecule has 2 N–H and O–H groups in total. The van der Waals surface area contributed by atoms with Gasteiger partial charge in [0.05, 0.1) is 11.4 Å². The molecule has 1 aromatic heterocycles. The molecule has 2 saturated heterocycles. The molecule has 2 aliphatic rings. The first-order chi connectivity index (χ1) is 16.3. The molecule has 34 heavy (non-hydrogen) atoms. The molecule has 2 fully saturated rings. The van der Waals surface area contributed by atoms with Gasteiger partial charge >= 0.3 is 0 Å². The Balaban J connectivity index is 0.00000158. The standard InChI is InChI=1S/C25H32FN3O3.C2H6/c1-4-24(5-2)15-29(6-3)12-11-25(24,32)19-8-9-20-18(22(19)26)13-16(14-27-20)17-7-10-21(30)28-23(17)31;1-2/h8-9,13-14,17,32H,4-7,10-12,15H2,1-3H3,(H,28,30,31);1-2H3. The molecule has 3 heterocycles. The van der Waals surface area contributed by atoms with Crippen LogP contribution in [0.3, 0.4) is 0 Å². The number of likely N-dealkylation sites (tertiary alicyclic amines) is 1. The average molecular weight is 472 g/mol. The Labute approximate surface area is 201 Å². The van der Waals surface area contributed by atoms with E-state index < -0.39 is 22.8 Å². The predicted molar refractivity (Wildman–Crippen MR) is 132 cm³/mol. The van der Waals surface area contributed by atoms with Gasteiger partial charge in [-0.25, -0.2) is 4.39 Å². The molecule has 6 nitrogen and oxygen atoms in total. The highest BCUT2D eigenvalue weighted by molar-refractivity contribution is 6.01. The molecule has 1 aromatic carbocycles. The maximum absolute atomic E-state index is 16.0. The normalized spacial score (nSPS) is 25.0. The van der Waals surface area contributed by atoms with Gasteiger partial charge in [0.2, 0.25) is 11.8 Å². The van der Waals surface area contributed by atoms with Crippen LogP contribution < -0.4 is 5.32 Å². The Kier molecular flexibility index (Phi) is 8.09. The van der Waals surface area contributed by atoms with E-state index in [1.165, 1.54) is 0 Å². The van der Waals surface area contributed by atoms with Crippen LogP contribution in [0.5, 0.6) is 0 Å². The van der Waals surface area contributed by atoms with Crippen LogP contribution >= 0.6 is 0 Å². The van der Waals surface area contributed by atoms with Crippen LogP contribution in [0.4, 0.5) is 4.39 Å². The molecular formula is C27H38FN3O3. The summed E-state index contributed by atoms with van der Waals surface area (Å²) in [6.45, 7) is 12.6. The fourth-order valence-electron chi connectivity index (χ4n) is 5.67. The number of halogens is 1. The number of aliphatic hydroxyl groups is 1. The number of pyridine rings is 1. The van der Waals surface area contributed by atoms with Gasteiger partial charge in [0, 0.05) is 42.1 Å². The van der Waals surface area contributed by atoms with Crippen molar-refractivity contribution in [3.63, 3.8) is 0 Å². The van der Waals surface area contributed by atoms with E-state index >= 15 is 4.39 Å². The highest BCUT2D eigenvalue weighted by atomic mass is 19.1. The van der Waals surface area contributed by atoms with E-state index in [4.69, 9.17) is 0 Å². The first-order valence-electron chi connectivity index (χ1n) is 12.7.